The minimum atomic E-state index is -0.145. The first-order valence-corrected chi connectivity index (χ1v) is 11.7. The van der Waals surface area contributed by atoms with E-state index in [0.717, 1.165) is 34.6 Å². The summed E-state index contributed by atoms with van der Waals surface area (Å²) >= 11 is 0. The topological polar surface area (TPSA) is 94.9 Å². The third-order valence-corrected chi connectivity index (χ3v) is 7.62. The number of carbonyl (C=O) groups is 1. The molecule has 1 amide bonds. The van der Waals surface area contributed by atoms with Gasteiger partial charge in [-0.1, -0.05) is 6.42 Å². The highest BCUT2D eigenvalue weighted by Crippen LogP contribution is 2.49. The first-order chi connectivity index (χ1) is 16.0. The van der Waals surface area contributed by atoms with Gasteiger partial charge in [0.15, 0.2) is 11.3 Å². The molecular weight excluding hydrogens is 416 g/mol. The molecule has 2 saturated carbocycles. The van der Waals surface area contributed by atoms with E-state index in [1.807, 2.05) is 32.3 Å². The van der Waals surface area contributed by atoms with Gasteiger partial charge in [-0.3, -0.25) is 14.2 Å². The van der Waals surface area contributed by atoms with Crippen LogP contribution in [0, 0.1) is 17.8 Å². The summed E-state index contributed by atoms with van der Waals surface area (Å²) in [5, 5.41) is 16.5. The Hall–Kier alpha value is -3.49. The average molecular weight is 445 g/mol. The predicted molar refractivity (Wildman–Crippen MR) is 123 cm³/mol. The minimum Gasteiger partial charge on any atom is -0.348 e. The molecule has 1 N–H and O–H groups in total. The van der Waals surface area contributed by atoms with Gasteiger partial charge in [0.25, 0.3) is 5.91 Å². The van der Waals surface area contributed by atoms with Crippen LogP contribution in [0.3, 0.4) is 0 Å². The molecular formula is C24H28N8O. The summed E-state index contributed by atoms with van der Waals surface area (Å²) < 4.78 is 5.31. The van der Waals surface area contributed by atoms with Crippen LogP contribution in [-0.4, -0.2) is 46.1 Å². The zero-order chi connectivity index (χ0) is 22.7. The summed E-state index contributed by atoms with van der Waals surface area (Å²) in [5.74, 6) is 2.04. The van der Waals surface area contributed by atoms with Crippen molar-refractivity contribution in [2.45, 2.75) is 38.6 Å². The predicted octanol–water partition coefficient (Wildman–Crippen LogP) is 3.08. The van der Waals surface area contributed by atoms with Crippen LogP contribution in [0.2, 0.25) is 0 Å². The lowest BCUT2D eigenvalue weighted by Crippen LogP contribution is -2.40. The van der Waals surface area contributed by atoms with Crippen LogP contribution in [0.5, 0.6) is 0 Å². The number of hydrogen-bond acceptors (Lipinski definition) is 5. The lowest BCUT2D eigenvalue weighted by molar-refractivity contribution is 0.0910. The monoisotopic (exact) mass is 444 g/mol. The molecule has 0 unspecified atom stereocenters. The molecule has 2 bridgehead atoms. The van der Waals surface area contributed by atoms with E-state index in [2.05, 4.69) is 27.5 Å². The smallest absolute Gasteiger partial charge is 0.272 e. The van der Waals surface area contributed by atoms with E-state index in [9.17, 15) is 4.79 Å². The van der Waals surface area contributed by atoms with Gasteiger partial charge < -0.3 is 5.32 Å². The van der Waals surface area contributed by atoms with E-state index in [-0.39, 0.29) is 11.9 Å². The average Bonchev–Trinajstić information content (AvgIpc) is 3.60. The van der Waals surface area contributed by atoms with Crippen molar-refractivity contribution in [1.29, 1.82) is 0 Å². The molecule has 6 rings (SSSR count). The van der Waals surface area contributed by atoms with Crippen molar-refractivity contribution in [3.63, 3.8) is 0 Å². The Bertz CT molecular complexity index is 1350. The van der Waals surface area contributed by atoms with E-state index >= 15 is 0 Å². The number of aryl methyl sites for hydroxylation is 2. The Balaban J connectivity index is 1.37. The molecule has 0 aromatic carbocycles. The van der Waals surface area contributed by atoms with Crippen LogP contribution < -0.4 is 5.32 Å². The lowest BCUT2D eigenvalue weighted by Gasteiger charge is -2.28. The third-order valence-electron chi connectivity index (χ3n) is 7.62. The first kappa shape index (κ1) is 20.1. The molecule has 2 aliphatic carbocycles. The summed E-state index contributed by atoms with van der Waals surface area (Å²) in [7, 11) is 3.77. The van der Waals surface area contributed by atoms with Crippen LogP contribution in [0.1, 0.15) is 43.1 Å². The van der Waals surface area contributed by atoms with E-state index in [0.29, 0.717) is 17.3 Å². The summed E-state index contributed by atoms with van der Waals surface area (Å²) in [6, 6.07) is 7.73. The molecule has 2 fully saturated rings. The highest BCUT2D eigenvalue weighted by atomic mass is 16.2. The fourth-order valence-corrected chi connectivity index (χ4v) is 5.94. The summed E-state index contributed by atoms with van der Waals surface area (Å²) in [5.41, 5.74) is 4.34. The Morgan fingerprint density at radius 1 is 1.03 bits per heavy atom. The fraction of sp³-hybridized carbons (Fsp3) is 0.458. The van der Waals surface area contributed by atoms with Gasteiger partial charge in [-0.15, -0.1) is 0 Å². The van der Waals surface area contributed by atoms with Crippen molar-refractivity contribution in [3.8, 4) is 22.8 Å². The van der Waals surface area contributed by atoms with E-state index in [4.69, 9.17) is 4.98 Å². The zero-order valence-electron chi connectivity index (χ0n) is 19.1. The Morgan fingerprint density at radius 2 is 1.79 bits per heavy atom. The minimum absolute atomic E-state index is 0.145. The normalized spacial score (nSPS) is 22.8. The number of amides is 1. The Morgan fingerprint density at radius 3 is 2.42 bits per heavy atom. The van der Waals surface area contributed by atoms with Crippen molar-refractivity contribution in [2.75, 3.05) is 0 Å². The molecule has 4 aromatic rings. The molecule has 170 valence electrons. The first-order valence-electron chi connectivity index (χ1n) is 11.7. The molecule has 9 heteroatoms. The highest BCUT2D eigenvalue weighted by molar-refractivity contribution is 5.93. The molecule has 0 radical (unpaired) electrons. The quantitative estimate of drug-likeness (QED) is 0.510. The molecule has 2 aliphatic rings. The fourth-order valence-electron chi connectivity index (χ4n) is 5.94. The summed E-state index contributed by atoms with van der Waals surface area (Å²) in [6.45, 7) is 2.14. The van der Waals surface area contributed by atoms with E-state index in [1.54, 1.807) is 32.3 Å². The van der Waals surface area contributed by atoms with Crippen LogP contribution in [-0.2, 0) is 14.1 Å². The second kappa shape index (κ2) is 7.54. The van der Waals surface area contributed by atoms with E-state index in [1.165, 1.54) is 25.7 Å². The number of aromatic nitrogens is 7. The van der Waals surface area contributed by atoms with Crippen molar-refractivity contribution in [2.24, 2.45) is 31.8 Å². The third kappa shape index (κ3) is 3.34. The molecule has 0 spiro atoms. The van der Waals surface area contributed by atoms with Crippen molar-refractivity contribution < 1.29 is 4.79 Å². The van der Waals surface area contributed by atoms with Gasteiger partial charge in [0, 0.05) is 38.6 Å². The number of fused-ring (bicyclic) bond motifs is 3. The number of carbonyl (C=O) groups excluding carboxylic acids is 1. The number of nitrogens with one attached hydrogen (secondary N) is 1. The molecule has 9 nitrogen and oxygen atoms in total. The zero-order valence-corrected chi connectivity index (χ0v) is 19.1. The van der Waals surface area contributed by atoms with Gasteiger partial charge in [-0.05, 0) is 62.1 Å². The van der Waals surface area contributed by atoms with Crippen LogP contribution in [0.15, 0.2) is 36.7 Å². The summed E-state index contributed by atoms with van der Waals surface area (Å²) in [6.07, 6.45) is 8.72. The molecule has 4 aromatic heterocycles. The largest absolute Gasteiger partial charge is 0.348 e. The highest BCUT2D eigenvalue weighted by Gasteiger charge is 2.42. The number of hydrogen-bond donors (Lipinski definition) is 1. The van der Waals surface area contributed by atoms with E-state index < -0.39 is 0 Å². The van der Waals surface area contributed by atoms with Gasteiger partial charge in [0.1, 0.15) is 0 Å². The van der Waals surface area contributed by atoms with Crippen molar-refractivity contribution in [3.05, 3.63) is 42.4 Å². The molecule has 4 heterocycles. The standard InChI is InChI=1S/C24H28N8O/c1-14(17-11-15-4-5-16(17)10-15)27-24(33)19-13-23-28-18(20-6-8-25-30(20)2)12-22(32(23)29-19)21-7-9-26-31(21)3/h6-9,12-17H,4-5,10-11H2,1-3H3,(H,27,33)/t14-,15-,16-,17-/m1/s1. The lowest BCUT2D eigenvalue weighted by atomic mass is 9.84. The second-order valence-corrected chi connectivity index (χ2v) is 9.61. The number of rotatable bonds is 5. The summed E-state index contributed by atoms with van der Waals surface area (Å²) in [4.78, 5) is 18.0. The molecule has 33 heavy (non-hydrogen) atoms. The SMILES string of the molecule is C[C@@H](NC(=O)c1cc2nc(-c3ccnn3C)cc(-c3ccnn3C)n2n1)[C@H]1C[C@@H]2CC[C@@H]1C2. The molecule has 0 aliphatic heterocycles. The van der Waals surface area contributed by atoms with Crippen molar-refractivity contribution >= 4 is 11.6 Å². The molecule has 4 atom stereocenters. The van der Waals surface area contributed by atoms with Crippen molar-refractivity contribution in [1.82, 2.24) is 39.5 Å². The van der Waals surface area contributed by atoms with Gasteiger partial charge >= 0.3 is 0 Å². The van der Waals surface area contributed by atoms with Gasteiger partial charge in [-0.2, -0.15) is 15.3 Å². The molecule has 0 saturated heterocycles. The van der Waals surface area contributed by atoms with Gasteiger partial charge in [0.05, 0.1) is 22.8 Å². The Labute approximate surface area is 191 Å². The van der Waals surface area contributed by atoms with Gasteiger partial charge in [0.2, 0.25) is 0 Å². The Kier molecular flexibility index (Phi) is 4.60. The maximum Gasteiger partial charge on any atom is 0.272 e. The second-order valence-electron chi connectivity index (χ2n) is 9.61. The maximum atomic E-state index is 13.2. The van der Waals surface area contributed by atoms with Crippen LogP contribution >= 0.6 is 0 Å². The van der Waals surface area contributed by atoms with Gasteiger partial charge in [-0.25, -0.2) is 9.50 Å². The maximum absolute atomic E-state index is 13.2. The van der Waals surface area contributed by atoms with Crippen LogP contribution in [0.4, 0.5) is 0 Å². The number of nitrogens with zero attached hydrogens (tertiary/aromatic N) is 7. The van der Waals surface area contributed by atoms with Crippen LogP contribution in [0.25, 0.3) is 28.4 Å².